The maximum absolute atomic E-state index is 13.1. The van der Waals surface area contributed by atoms with Gasteiger partial charge >= 0.3 is 11.8 Å². The average Bonchev–Trinajstić information content (AvgIpc) is 2.79. The number of aryl methyl sites for hydroxylation is 1. The van der Waals surface area contributed by atoms with Crippen LogP contribution in [0.5, 0.6) is 0 Å². The van der Waals surface area contributed by atoms with E-state index in [0.29, 0.717) is 18.0 Å². The monoisotopic (exact) mass is 477 g/mol. The molecule has 32 heavy (non-hydrogen) atoms. The molecule has 2 aromatic rings. The quantitative estimate of drug-likeness (QED) is 0.599. The number of piperidine rings is 1. The van der Waals surface area contributed by atoms with E-state index < -0.39 is 21.8 Å². The third kappa shape index (κ3) is 6.09. The molecule has 9 heteroatoms. The predicted octanol–water partition coefficient (Wildman–Crippen LogP) is 3.01. The molecule has 0 spiro atoms. The summed E-state index contributed by atoms with van der Waals surface area (Å²) in [6.07, 6.45) is 2.89. The molecule has 172 valence electrons. The zero-order valence-corrected chi connectivity index (χ0v) is 19.6. The fourth-order valence-electron chi connectivity index (χ4n) is 3.75. The lowest BCUT2D eigenvalue weighted by Crippen LogP contribution is -2.46. The van der Waals surface area contributed by atoms with Crippen molar-refractivity contribution in [3.8, 4) is 0 Å². The van der Waals surface area contributed by atoms with Crippen molar-refractivity contribution < 1.29 is 18.0 Å². The van der Waals surface area contributed by atoms with Gasteiger partial charge in [0.05, 0.1) is 4.90 Å². The van der Waals surface area contributed by atoms with Gasteiger partial charge in [0.25, 0.3) is 0 Å². The minimum atomic E-state index is -3.61. The first-order valence-electron chi connectivity index (χ1n) is 10.7. The van der Waals surface area contributed by atoms with Crippen molar-refractivity contribution in [2.45, 2.75) is 50.1 Å². The Kier molecular flexibility index (Phi) is 8.28. The van der Waals surface area contributed by atoms with E-state index in [-0.39, 0.29) is 24.0 Å². The van der Waals surface area contributed by atoms with Crippen molar-refractivity contribution in [1.29, 1.82) is 0 Å². The van der Waals surface area contributed by atoms with Crippen molar-refractivity contribution in [1.82, 2.24) is 14.9 Å². The zero-order valence-electron chi connectivity index (χ0n) is 18.0. The molecule has 1 heterocycles. The van der Waals surface area contributed by atoms with Gasteiger partial charge in [0.15, 0.2) is 0 Å². The summed E-state index contributed by atoms with van der Waals surface area (Å²) in [5, 5.41) is 5.65. The molecule has 1 saturated heterocycles. The van der Waals surface area contributed by atoms with Crippen LogP contribution in [0.25, 0.3) is 0 Å². The summed E-state index contributed by atoms with van der Waals surface area (Å²) >= 11 is 6.05. The Bertz CT molecular complexity index is 1060. The van der Waals surface area contributed by atoms with Crippen LogP contribution in [-0.4, -0.2) is 43.7 Å². The Morgan fingerprint density at radius 1 is 1.03 bits per heavy atom. The van der Waals surface area contributed by atoms with Crippen LogP contribution in [0, 0.1) is 6.92 Å². The molecule has 1 fully saturated rings. The van der Waals surface area contributed by atoms with Gasteiger partial charge in [0.1, 0.15) is 0 Å². The molecule has 0 radical (unpaired) electrons. The molecule has 1 aliphatic heterocycles. The van der Waals surface area contributed by atoms with E-state index in [0.717, 1.165) is 30.4 Å². The summed E-state index contributed by atoms with van der Waals surface area (Å²) in [6.45, 7) is 2.72. The fourth-order valence-corrected chi connectivity index (χ4v) is 5.68. The second-order valence-corrected chi connectivity index (χ2v) is 10.2. The van der Waals surface area contributed by atoms with Crippen molar-refractivity contribution in [3.63, 3.8) is 0 Å². The number of amides is 2. The molecular formula is C23H28ClN3O4S. The molecule has 1 atom stereocenters. The Morgan fingerprint density at radius 3 is 2.44 bits per heavy atom. The number of carbonyl (C=O) groups excluding carboxylic acids is 2. The number of hydrogen-bond donors (Lipinski definition) is 2. The molecule has 7 nitrogen and oxygen atoms in total. The highest BCUT2D eigenvalue weighted by atomic mass is 35.5. The first kappa shape index (κ1) is 24.2. The molecule has 0 aliphatic carbocycles. The number of nitrogens with zero attached hydrogens (tertiary/aromatic N) is 1. The Labute approximate surface area is 194 Å². The highest BCUT2D eigenvalue weighted by molar-refractivity contribution is 7.89. The van der Waals surface area contributed by atoms with Crippen LogP contribution in [-0.2, 0) is 26.2 Å². The molecule has 3 rings (SSSR count). The summed E-state index contributed by atoms with van der Waals surface area (Å²) < 4.78 is 27.8. The van der Waals surface area contributed by atoms with Crippen LogP contribution in [0.4, 0.5) is 0 Å². The second kappa shape index (κ2) is 10.9. The number of sulfonamides is 1. The van der Waals surface area contributed by atoms with Gasteiger partial charge in [-0.25, -0.2) is 8.42 Å². The lowest BCUT2D eigenvalue weighted by molar-refractivity contribution is -0.139. The second-order valence-electron chi connectivity index (χ2n) is 7.90. The van der Waals surface area contributed by atoms with E-state index in [1.165, 1.54) is 4.31 Å². The van der Waals surface area contributed by atoms with Gasteiger partial charge in [0.2, 0.25) is 10.0 Å². The smallest absolute Gasteiger partial charge is 0.309 e. The highest BCUT2D eigenvalue weighted by Gasteiger charge is 2.33. The predicted molar refractivity (Wildman–Crippen MR) is 124 cm³/mol. The van der Waals surface area contributed by atoms with Gasteiger partial charge in [-0.1, -0.05) is 53.9 Å². The van der Waals surface area contributed by atoms with Crippen LogP contribution in [0.3, 0.4) is 0 Å². The third-order valence-corrected chi connectivity index (χ3v) is 7.90. The first-order chi connectivity index (χ1) is 15.3. The standard InChI is InChI=1S/C23H28ClN3O4S/c1-17-9-11-20(12-10-17)32(30,31)27-15-5-4-7-19(27)13-14-25-22(28)23(29)26-16-18-6-2-3-8-21(18)24/h2-3,6,8-12,19H,4-5,7,13-16H2,1H3,(H,25,28)(H,26,29)/t19-/m0/s1. The van der Waals surface area contributed by atoms with Crippen LogP contribution in [0.15, 0.2) is 53.4 Å². The van der Waals surface area contributed by atoms with Gasteiger partial charge in [-0.05, 0) is 49.9 Å². The van der Waals surface area contributed by atoms with Crippen LogP contribution >= 0.6 is 11.6 Å². The minimum absolute atomic E-state index is 0.150. The molecule has 2 N–H and O–H groups in total. The van der Waals surface area contributed by atoms with Crippen LogP contribution < -0.4 is 10.6 Å². The number of rotatable bonds is 7. The number of benzene rings is 2. The molecule has 0 unspecified atom stereocenters. The van der Waals surface area contributed by atoms with Crippen molar-refractivity contribution in [3.05, 3.63) is 64.7 Å². The van der Waals surface area contributed by atoms with Crippen molar-refractivity contribution in [2.75, 3.05) is 13.1 Å². The summed E-state index contributed by atoms with van der Waals surface area (Å²) in [5.74, 6) is -1.50. The highest BCUT2D eigenvalue weighted by Crippen LogP contribution is 2.27. The molecule has 2 amide bonds. The van der Waals surface area contributed by atoms with Gasteiger partial charge in [-0.3, -0.25) is 9.59 Å². The molecular weight excluding hydrogens is 450 g/mol. The lowest BCUT2D eigenvalue weighted by atomic mass is 10.0. The molecule has 1 aliphatic rings. The molecule has 0 aromatic heterocycles. The van der Waals surface area contributed by atoms with Gasteiger partial charge in [-0.15, -0.1) is 0 Å². The fraction of sp³-hybridized carbons (Fsp3) is 0.391. The lowest BCUT2D eigenvalue weighted by Gasteiger charge is -2.34. The Hall–Kier alpha value is -2.42. The molecule has 0 bridgehead atoms. The number of hydrogen-bond acceptors (Lipinski definition) is 4. The summed E-state index contributed by atoms with van der Waals surface area (Å²) in [4.78, 5) is 24.5. The molecule has 2 aromatic carbocycles. The minimum Gasteiger partial charge on any atom is -0.348 e. The van der Waals surface area contributed by atoms with Gasteiger partial charge < -0.3 is 10.6 Å². The average molecular weight is 478 g/mol. The number of carbonyl (C=O) groups is 2. The van der Waals surface area contributed by atoms with E-state index in [1.54, 1.807) is 48.5 Å². The Morgan fingerprint density at radius 2 is 1.72 bits per heavy atom. The maximum atomic E-state index is 13.1. The Balaban J connectivity index is 1.53. The van der Waals surface area contributed by atoms with Crippen LogP contribution in [0.1, 0.15) is 36.8 Å². The van der Waals surface area contributed by atoms with E-state index in [9.17, 15) is 18.0 Å². The summed E-state index contributed by atoms with van der Waals surface area (Å²) in [6, 6.07) is 13.7. The third-order valence-electron chi connectivity index (χ3n) is 5.57. The van der Waals surface area contributed by atoms with Crippen LogP contribution in [0.2, 0.25) is 5.02 Å². The van der Waals surface area contributed by atoms with Gasteiger partial charge in [0, 0.05) is 30.7 Å². The molecule has 0 saturated carbocycles. The first-order valence-corrected chi connectivity index (χ1v) is 12.5. The van der Waals surface area contributed by atoms with Crippen molar-refractivity contribution >= 4 is 33.4 Å². The van der Waals surface area contributed by atoms with E-state index in [2.05, 4.69) is 10.6 Å². The van der Waals surface area contributed by atoms with Gasteiger partial charge in [-0.2, -0.15) is 4.31 Å². The van der Waals surface area contributed by atoms with Crippen molar-refractivity contribution in [2.24, 2.45) is 0 Å². The van der Waals surface area contributed by atoms with E-state index >= 15 is 0 Å². The number of nitrogens with one attached hydrogen (secondary N) is 2. The van der Waals surface area contributed by atoms with E-state index in [4.69, 9.17) is 11.6 Å². The number of halogens is 1. The maximum Gasteiger partial charge on any atom is 0.309 e. The zero-order chi connectivity index (χ0) is 23.1. The van der Waals surface area contributed by atoms with E-state index in [1.807, 2.05) is 6.92 Å². The summed E-state index contributed by atoms with van der Waals surface area (Å²) in [7, 11) is -3.61. The largest absolute Gasteiger partial charge is 0.348 e. The SMILES string of the molecule is Cc1ccc(S(=O)(=O)N2CCCC[C@H]2CCNC(=O)C(=O)NCc2ccccc2Cl)cc1. The normalized spacial score (nSPS) is 17.0. The summed E-state index contributed by atoms with van der Waals surface area (Å²) in [5.41, 5.74) is 1.71. The topological polar surface area (TPSA) is 95.6 Å².